The molecule has 0 spiro atoms. The highest BCUT2D eigenvalue weighted by molar-refractivity contribution is 7.92. The standard InChI is InChI=1S/C11H10N4O2S2/c1-8-13-11(18-14-8)15-19(16,17)7-10-5-3-2-4-9(10)6-12/h2-5H,7H2,1H3,(H,13,14,15). The van der Waals surface area contributed by atoms with Crippen molar-refractivity contribution in [2.75, 3.05) is 4.72 Å². The SMILES string of the molecule is Cc1nsc(NS(=O)(=O)Cc2ccccc2C#N)n1. The maximum absolute atomic E-state index is 12.0. The average Bonchev–Trinajstić information content (AvgIpc) is 2.74. The molecule has 0 aliphatic rings. The van der Waals surface area contributed by atoms with Gasteiger partial charge in [0.05, 0.1) is 17.4 Å². The molecule has 0 unspecified atom stereocenters. The van der Waals surface area contributed by atoms with Crippen molar-refractivity contribution in [3.05, 3.63) is 41.2 Å². The molecular formula is C11H10N4O2S2. The summed E-state index contributed by atoms with van der Waals surface area (Å²) in [6.45, 7) is 1.68. The Hall–Kier alpha value is -1.98. The van der Waals surface area contributed by atoms with Gasteiger partial charge in [-0.1, -0.05) is 18.2 Å². The maximum atomic E-state index is 12.0. The van der Waals surface area contributed by atoms with E-state index in [1.165, 1.54) is 0 Å². The molecule has 1 N–H and O–H groups in total. The second-order valence-corrected chi connectivity index (χ2v) is 6.25. The first kappa shape index (κ1) is 13.5. The zero-order valence-corrected chi connectivity index (χ0v) is 11.6. The van der Waals surface area contributed by atoms with Crippen molar-refractivity contribution < 1.29 is 8.42 Å². The van der Waals surface area contributed by atoms with Crippen LogP contribution in [0.3, 0.4) is 0 Å². The summed E-state index contributed by atoms with van der Waals surface area (Å²) in [4.78, 5) is 3.93. The van der Waals surface area contributed by atoms with Gasteiger partial charge < -0.3 is 0 Å². The number of hydrogen-bond donors (Lipinski definition) is 1. The predicted molar refractivity (Wildman–Crippen MR) is 72.0 cm³/mol. The maximum Gasteiger partial charge on any atom is 0.238 e. The van der Waals surface area contributed by atoms with Gasteiger partial charge in [-0.05, 0) is 18.6 Å². The number of benzene rings is 1. The third-order valence-electron chi connectivity index (χ3n) is 2.25. The molecule has 0 aliphatic carbocycles. The minimum atomic E-state index is -3.60. The van der Waals surface area contributed by atoms with E-state index in [1.807, 2.05) is 6.07 Å². The molecule has 1 heterocycles. The summed E-state index contributed by atoms with van der Waals surface area (Å²) in [6.07, 6.45) is 0. The van der Waals surface area contributed by atoms with Crippen LogP contribution in [0.1, 0.15) is 17.0 Å². The first-order valence-electron chi connectivity index (χ1n) is 5.29. The number of nitrogens with zero attached hydrogens (tertiary/aromatic N) is 3. The van der Waals surface area contributed by atoms with E-state index >= 15 is 0 Å². The van der Waals surface area contributed by atoms with E-state index in [0.29, 0.717) is 17.0 Å². The van der Waals surface area contributed by atoms with Gasteiger partial charge in [-0.15, -0.1) is 0 Å². The number of nitriles is 1. The first-order valence-corrected chi connectivity index (χ1v) is 7.71. The highest BCUT2D eigenvalue weighted by atomic mass is 32.2. The molecule has 0 aliphatic heterocycles. The van der Waals surface area contributed by atoms with Crippen molar-refractivity contribution in [3.8, 4) is 6.07 Å². The second kappa shape index (κ2) is 5.34. The van der Waals surface area contributed by atoms with Crippen LogP contribution in [0.4, 0.5) is 5.13 Å². The molecule has 0 amide bonds. The summed E-state index contributed by atoms with van der Waals surface area (Å²) >= 11 is 0.981. The zero-order chi connectivity index (χ0) is 13.9. The smallest absolute Gasteiger partial charge is 0.238 e. The molecule has 0 saturated carbocycles. The van der Waals surface area contributed by atoms with Crippen molar-refractivity contribution in [1.82, 2.24) is 9.36 Å². The van der Waals surface area contributed by atoms with Gasteiger partial charge in [0.25, 0.3) is 0 Å². The summed E-state index contributed by atoms with van der Waals surface area (Å²) in [7, 11) is -3.60. The van der Waals surface area contributed by atoms with Crippen molar-refractivity contribution in [2.24, 2.45) is 0 Å². The van der Waals surface area contributed by atoms with Crippen LogP contribution in [0, 0.1) is 18.3 Å². The molecule has 0 atom stereocenters. The normalized spacial score (nSPS) is 10.9. The van der Waals surface area contributed by atoms with Gasteiger partial charge in [0.2, 0.25) is 15.2 Å². The Labute approximate surface area is 115 Å². The molecule has 1 aromatic heterocycles. The van der Waals surface area contributed by atoms with Gasteiger partial charge in [-0.2, -0.15) is 9.64 Å². The number of nitrogens with one attached hydrogen (secondary N) is 1. The van der Waals surface area contributed by atoms with Crippen LogP contribution in [0.25, 0.3) is 0 Å². The first-order chi connectivity index (χ1) is 9.00. The Morgan fingerprint density at radius 1 is 1.42 bits per heavy atom. The van der Waals surface area contributed by atoms with E-state index in [2.05, 4.69) is 14.1 Å². The van der Waals surface area contributed by atoms with E-state index in [0.717, 1.165) is 11.5 Å². The molecule has 0 saturated heterocycles. The van der Waals surface area contributed by atoms with Crippen molar-refractivity contribution in [2.45, 2.75) is 12.7 Å². The fraction of sp³-hybridized carbons (Fsp3) is 0.182. The summed E-state index contributed by atoms with van der Waals surface area (Å²) in [6, 6.07) is 8.55. The van der Waals surface area contributed by atoms with Crippen LogP contribution in [0.5, 0.6) is 0 Å². The fourth-order valence-electron chi connectivity index (χ4n) is 1.47. The van der Waals surface area contributed by atoms with Gasteiger partial charge in [-0.3, -0.25) is 4.72 Å². The number of sulfonamides is 1. The number of anilines is 1. The van der Waals surface area contributed by atoms with E-state index in [1.54, 1.807) is 31.2 Å². The van der Waals surface area contributed by atoms with Crippen LogP contribution in [0.15, 0.2) is 24.3 Å². The van der Waals surface area contributed by atoms with Crippen LogP contribution in [-0.4, -0.2) is 17.8 Å². The summed E-state index contributed by atoms with van der Waals surface area (Å²) in [5, 5.41) is 9.15. The second-order valence-electron chi connectivity index (χ2n) is 3.78. The highest BCUT2D eigenvalue weighted by Gasteiger charge is 2.16. The average molecular weight is 294 g/mol. The molecule has 19 heavy (non-hydrogen) atoms. The zero-order valence-electron chi connectivity index (χ0n) is 9.99. The lowest BCUT2D eigenvalue weighted by atomic mass is 10.1. The van der Waals surface area contributed by atoms with Crippen LogP contribution in [0.2, 0.25) is 0 Å². The lowest BCUT2D eigenvalue weighted by Gasteiger charge is -2.06. The molecule has 2 aromatic rings. The number of rotatable bonds is 4. The Balaban J connectivity index is 2.20. The molecule has 0 bridgehead atoms. The van der Waals surface area contributed by atoms with Crippen LogP contribution >= 0.6 is 11.5 Å². The Kier molecular flexibility index (Phi) is 3.78. The Morgan fingerprint density at radius 3 is 2.79 bits per heavy atom. The van der Waals surface area contributed by atoms with E-state index in [9.17, 15) is 8.42 Å². The van der Waals surface area contributed by atoms with Gasteiger partial charge >= 0.3 is 0 Å². The molecule has 2 rings (SSSR count). The van der Waals surface area contributed by atoms with E-state index < -0.39 is 10.0 Å². The predicted octanol–water partition coefficient (Wildman–Crippen LogP) is 1.66. The van der Waals surface area contributed by atoms with Crippen LogP contribution < -0.4 is 4.72 Å². The van der Waals surface area contributed by atoms with Crippen molar-refractivity contribution in [1.29, 1.82) is 5.26 Å². The van der Waals surface area contributed by atoms with Crippen molar-refractivity contribution in [3.63, 3.8) is 0 Å². The van der Waals surface area contributed by atoms with Gasteiger partial charge in [0.1, 0.15) is 5.82 Å². The number of hydrogen-bond acceptors (Lipinski definition) is 6. The summed E-state index contributed by atoms with van der Waals surface area (Å²) < 4.78 is 30.2. The lowest BCUT2D eigenvalue weighted by molar-refractivity contribution is 0.600. The molecule has 8 heteroatoms. The minimum absolute atomic E-state index is 0.229. The van der Waals surface area contributed by atoms with Gasteiger partial charge in [-0.25, -0.2) is 13.4 Å². The van der Waals surface area contributed by atoms with Crippen molar-refractivity contribution >= 4 is 26.7 Å². The van der Waals surface area contributed by atoms with E-state index in [4.69, 9.17) is 5.26 Å². The molecule has 0 fully saturated rings. The van der Waals surface area contributed by atoms with Gasteiger partial charge in [0, 0.05) is 11.5 Å². The third kappa shape index (κ3) is 3.49. The largest absolute Gasteiger partial charge is 0.257 e. The Morgan fingerprint density at radius 2 is 2.16 bits per heavy atom. The van der Waals surface area contributed by atoms with E-state index in [-0.39, 0.29) is 10.9 Å². The molecule has 1 aromatic carbocycles. The third-order valence-corrected chi connectivity index (χ3v) is 4.30. The monoisotopic (exact) mass is 294 g/mol. The number of aromatic nitrogens is 2. The molecule has 0 radical (unpaired) electrons. The Bertz CT molecular complexity index is 731. The topological polar surface area (TPSA) is 95.7 Å². The molecular weight excluding hydrogens is 284 g/mol. The molecule has 6 nitrogen and oxygen atoms in total. The minimum Gasteiger partial charge on any atom is -0.257 e. The number of aryl methyl sites for hydroxylation is 1. The summed E-state index contributed by atoms with van der Waals surface area (Å²) in [5.74, 6) is 0.246. The molecule has 98 valence electrons. The quantitative estimate of drug-likeness (QED) is 0.925. The summed E-state index contributed by atoms with van der Waals surface area (Å²) in [5.41, 5.74) is 0.806. The van der Waals surface area contributed by atoms with Crippen LogP contribution in [-0.2, 0) is 15.8 Å². The fourth-order valence-corrected chi connectivity index (χ4v) is 3.47. The lowest BCUT2D eigenvalue weighted by Crippen LogP contribution is -2.15. The van der Waals surface area contributed by atoms with Gasteiger partial charge in [0.15, 0.2) is 0 Å². The highest BCUT2D eigenvalue weighted by Crippen LogP contribution is 2.16.